The summed E-state index contributed by atoms with van der Waals surface area (Å²) < 4.78 is 12.1. The molecule has 1 aliphatic rings. The molecule has 1 aliphatic heterocycles. The highest BCUT2D eigenvalue weighted by Gasteiger charge is 2.25. The molecular formula is C21H21Br2N3O5. The van der Waals surface area contributed by atoms with Crippen LogP contribution in [0, 0.1) is 10.1 Å². The Morgan fingerprint density at radius 2 is 1.81 bits per heavy atom. The highest BCUT2D eigenvalue weighted by molar-refractivity contribution is 9.11. The van der Waals surface area contributed by atoms with Gasteiger partial charge in [0.1, 0.15) is 17.2 Å². The predicted molar refractivity (Wildman–Crippen MR) is 126 cm³/mol. The molecule has 1 amide bonds. The Kier molecular flexibility index (Phi) is 7.55. The largest absolute Gasteiger partial charge is 0.496 e. The molecule has 2 aromatic carbocycles. The van der Waals surface area contributed by atoms with Gasteiger partial charge in [0.15, 0.2) is 0 Å². The quantitative estimate of drug-likeness (QED) is 0.297. The van der Waals surface area contributed by atoms with Crippen molar-refractivity contribution in [1.29, 1.82) is 0 Å². The van der Waals surface area contributed by atoms with E-state index in [1.54, 1.807) is 30.2 Å². The fourth-order valence-corrected chi connectivity index (χ4v) is 4.82. The lowest BCUT2D eigenvalue weighted by Crippen LogP contribution is -2.48. The van der Waals surface area contributed by atoms with E-state index in [0.29, 0.717) is 43.4 Å². The summed E-state index contributed by atoms with van der Waals surface area (Å²) in [6.07, 6.45) is 3.24. The van der Waals surface area contributed by atoms with E-state index in [2.05, 4.69) is 31.9 Å². The van der Waals surface area contributed by atoms with Gasteiger partial charge in [-0.25, -0.2) is 0 Å². The monoisotopic (exact) mass is 553 g/mol. The van der Waals surface area contributed by atoms with Crippen molar-refractivity contribution >= 4 is 55.2 Å². The number of halogens is 2. The van der Waals surface area contributed by atoms with E-state index < -0.39 is 4.92 Å². The minimum absolute atomic E-state index is 0.00801. The number of ether oxygens (including phenoxy) is 2. The number of rotatable bonds is 6. The molecule has 1 saturated heterocycles. The lowest BCUT2D eigenvalue weighted by molar-refractivity contribution is -0.384. The number of carbonyl (C=O) groups is 1. The summed E-state index contributed by atoms with van der Waals surface area (Å²) in [5, 5.41) is 11.5. The Hall–Kier alpha value is -2.59. The van der Waals surface area contributed by atoms with Crippen LogP contribution in [0.25, 0.3) is 6.08 Å². The number of nitro groups is 1. The lowest BCUT2D eigenvalue weighted by Gasteiger charge is -2.35. The Labute approximate surface area is 196 Å². The average Bonchev–Trinajstić information content (AvgIpc) is 2.76. The van der Waals surface area contributed by atoms with Crippen LogP contribution < -0.4 is 14.4 Å². The fourth-order valence-electron chi connectivity index (χ4n) is 3.40. The maximum Gasteiger partial charge on any atom is 0.296 e. The molecule has 8 nitrogen and oxygen atoms in total. The van der Waals surface area contributed by atoms with Crippen molar-refractivity contribution in [3.8, 4) is 11.5 Å². The number of piperazine rings is 1. The van der Waals surface area contributed by atoms with Crippen molar-refractivity contribution in [3.63, 3.8) is 0 Å². The van der Waals surface area contributed by atoms with Gasteiger partial charge in [-0.2, -0.15) is 0 Å². The van der Waals surface area contributed by atoms with E-state index in [-0.39, 0.29) is 11.6 Å². The second-order valence-electron chi connectivity index (χ2n) is 6.77. The Morgan fingerprint density at radius 3 is 2.42 bits per heavy atom. The molecule has 0 radical (unpaired) electrons. The second-order valence-corrected chi connectivity index (χ2v) is 8.54. The number of carbonyl (C=O) groups excluding carboxylic acids is 1. The van der Waals surface area contributed by atoms with E-state index in [4.69, 9.17) is 9.47 Å². The van der Waals surface area contributed by atoms with Gasteiger partial charge < -0.3 is 19.3 Å². The highest BCUT2D eigenvalue weighted by Crippen LogP contribution is 2.34. The third-order valence-electron chi connectivity index (χ3n) is 4.96. The van der Waals surface area contributed by atoms with Crippen molar-refractivity contribution in [1.82, 2.24) is 4.90 Å². The average molecular weight is 555 g/mol. The zero-order valence-corrected chi connectivity index (χ0v) is 20.2. The van der Waals surface area contributed by atoms with E-state index in [0.717, 1.165) is 14.5 Å². The first-order valence-electron chi connectivity index (χ1n) is 9.41. The van der Waals surface area contributed by atoms with Crippen molar-refractivity contribution in [2.45, 2.75) is 0 Å². The zero-order valence-electron chi connectivity index (χ0n) is 17.0. The van der Waals surface area contributed by atoms with Crippen molar-refractivity contribution < 1.29 is 19.2 Å². The van der Waals surface area contributed by atoms with Crippen LogP contribution >= 0.6 is 31.9 Å². The number of nitrogens with zero attached hydrogens (tertiary/aromatic N) is 3. The zero-order chi connectivity index (χ0) is 22.5. The molecule has 1 heterocycles. The Bertz CT molecular complexity index is 1020. The van der Waals surface area contributed by atoms with Gasteiger partial charge in [-0.1, -0.05) is 15.9 Å². The normalized spacial score (nSPS) is 14.1. The third kappa shape index (κ3) is 5.37. The van der Waals surface area contributed by atoms with Crippen LogP contribution in [0.2, 0.25) is 0 Å². The van der Waals surface area contributed by atoms with Gasteiger partial charge in [0.05, 0.1) is 29.7 Å². The number of methoxy groups -OCH3 is 2. The van der Waals surface area contributed by atoms with Crippen LogP contribution in [0.1, 0.15) is 5.56 Å². The fraction of sp³-hybridized carbons (Fsp3) is 0.286. The molecule has 1 fully saturated rings. The lowest BCUT2D eigenvalue weighted by atomic mass is 10.1. The van der Waals surface area contributed by atoms with Crippen molar-refractivity contribution in [2.24, 2.45) is 0 Å². The third-order valence-corrected chi connectivity index (χ3v) is 6.00. The van der Waals surface area contributed by atoms with Gasteiger partial charge >= 0.3 is 0 Å². The van der Waals surface area contributed by atoms with Crippen LogP contribution in [0.4, 0.5) is 11.4 Å². The summed E-state index contributed by atoms with van der Waals surface area (Å²) in [6.45, 7) is 1.92. The van der Waals surface area contributed by atoms with Gasteiger partial charge in [-0.3, -0.25) is 14.9 Å². The molecule has 0 unspecified atom stereocenters. The SMILES string of the molecule is COc1ccc(N2CCN(C(=O)/C=C/c3cc(Br)cc(Br)c3OC)CC2)c([N+](=O)[O-])c1. The van der Waals surface area contributed by atoms with Gasteiger partial charge in [0, 0.05) is 42.3 Å². The molecule has 0 N–H and O–H groups in total. The van der Waals surface area contributed by atoms with E-state index in [9.17, 15) is 14.9 Å². The summed E-state index contributed by atoms with van der Waals surface area (Å²) >= 11 is 6.89. The Morgan fingerprint density at radius 1 is 1.10 bits per heavy atom. The summed E-state index contributed by atoms with van der Waals surface area (Å²) in [5.41, 5.74) is 1.29. The van der Waals surface area contributed by atoms with Gasteiger partial charge in [-0.15, -0.1) is 0 Å². The molecule has 164 valence electrons. The van der Waals surface area contributed by atoms with E-state index in [1.165, 1.54) is 19.3 Å². The van der Waals surface area contributed by atoms with Gasteiger partial charge in [0.25, 0.3) is 5.69 Å². The van der Waals surface area contributed by atoms with Crippen LogP contribution in [-0.4, -0.2) is 56.1 Å². The predicted octanol–water partition coefficient (Wildman–Crippen LogP) is 4.50. The second kappa shape index (κ2) is 10.1. The molecule has 0 saturated carbocycles. The topological polar surface area (TPSA) is 85.2 Å². The molecule has 0 spiro atoms. The maximum absolute atomic E-state index is 12.7. The highest BCUT2D eigenvalue weighted by atomic mass is 79.9. The van der Waals surface area contributed by atoms with E-state index in [1.807, 2.05) is 17.0 Å². The number of amides is 1. The molecule has 2 aromatic rings. The number of benzene rings is 2. The number of hydrogen-bond acceptors (Lipinski definition) is 6. The van der Waals surface area contributed by atoms with Crippen molar-refractivity contribution in [2.75, 3.05) is 45.3 Å². The maximum atomic E-state index is 12.7. The van der Waals surface area contributed by atoms with E-state index >= 15 is 0 Å². The summed E-state index contributed by atoms with van der Waals surface area (Å²) in [5.74, 6) is 0.954. The minimum Gasteiger partial charge on any atom is -0.496 e. The molecule has 31 heavy (non-hydrogen) atoms. The van der Waals surface area contributed by atoms with Crippen molar-refractivity contribution in [3.05, 3.63) is 61.0 Å². The molecule has 3 rings (SSSR count). The first-order chi connectivity index (χ1) is 14.8. The van der Waals surface area contributed by atoms with Crippen LogP contribution in [0.3, 0.4) is 0 Å². The minimum atomic E-state index is -0.415. The van der Waals surface area contributed by atoms with Gasteiger partial charge in [0.2, 0.25) is 5.91 Å². The summed E-state index contributed by atoms with van der Waals surface area (Å²) in [6, 6.07) is 8.54. The smallest absolute Gasteiger partial charge is 0.296 e. The number of nitro benzene ring substituents is 1. The van der Waals surface area contributed by atoms with Crippen LogP contribution in [0.15, 0.2) is 45.4 Å². The molecule has 0 atom stereocenters. The summed E-state index contributed by atoms with van der Waals surface area (Å²) in [4.78, 5) is 27.4. The molecule has 0 aromatic heterocycles. The number of anilines is 1. The molecule has 0 bridgehead atoms. The standard InChI is InChI=1S/C21H21Br2N3O5/c1-30-16-4-5-18(19(13-16)26(28)29)24-7-9-25(10-8-24)20(27)6-3-14-11-15(22)12-17(23)21(14)31-2/h3-6,11-13H,7-10H2,1-2H3/b6-3+. The van der Waals surface area contributed by atoms with Crippen LogP contribution in [0.5, 0.6) is 11.5 Å². The molecule has 0 aliphatic carbocycles. The first kappa shape index (κ1) is 23.1. The van der Waals surface area contributed by atoms with Gasteiger partial charge in [-0.05, 0) is 46.3 Å². The Balaban J connectivity index is 1.69. The number of hydrogen-bond donors (Lipinski definition) is 0. The van der Waals surface area contributed by atoms with Crippen LogP contribution in [-0.2, 0) is 4.79 Å². The summed E-state index contributed by atoms with van der Waals surface area (Å²) in [7, 11) is 3.05. The molecular weight excluding hydrogens is 534 g/mol. The molecule has 10 heteroatoms. The first-order valence-corrected chi connectivity index (χ1v) is 11.0.